The number of alkyl carbamates (subject to hydrolysis) is 1. The first-order chi connectivity index (χ1) is 18.3. The minimum atomic E-state index is -2.21. The van der Waals surface area contributed by atoms with Gasteiger partial charge < -0.3 is 24.4 Å². The van der Waals surface area contributed by atoms with Crippen LogP contribution in [0.25, 0.3) is 0 Å². The van der Waals surface area contributed by atoms with Crippen molar-refractivity contribution in [2.75, 3.05) is 4.90 Å². The molecule has 1 heterocycles. The number of para-hydroxylation sites is 1. The van der Waals surface area contributed by atoms with Crippen LogP contribution in [0.1, 0.15) is 73.4 Å². The summed E-state index contributed by atoms with van der Waals surface area (Å²) in [6, 6.07) is 16.0. The number of fused-ring (bicyclic) bond motifs is 1. The fraction of sp³-hybridized carbons (Fsp3) is 0.484. The molecule has 1 atom stereocenters. The summed E-state index contributed by atoms with van der Waals surface area (Å²) in [5.74, 6) is -4.59. The van der Waals surface area contributed by atoms with Gasteiger partial charge in [0.25, 0.3) is 5.91 Å². The SMILES string of the molecule is CC(C)(C)OC(=O)N[C@@]1(C(C(=O)OC(C)(C)C)C(=O)OC(C)(C)C)C(=O)N(Cc2ccccc2)c2ccccc21. The summed E-state index contributed by atoms with van der Waals surface area (Å²) in [7, 11) is 0. The van der Waals surface area contributed by atoms with Crippen molar-refractivity contribution >= 4 is 29.6 Å². The van der Waals surface area contributed by atoms with Gasteiger partial charge in [-0.15, -0.1) is 0 Å². The molecule has 0 radical (unpaired) electrons. The van der Waals surface area contributed by atoms with Gasteiger partial charge >= 0.3 is 18.0 Å². The van der Waals surface area contributed by atoms with Gasteiger partial charge in [0.2, 0.25) is 0 Å². The van der Waals surface area contributed by atoms with E-state index in [-0.39, 0.29) is 12.1 Å². The number of benzene rings is 2. The standard InChI is InChI=1S/C31H40N2O7/c1-28(2,3)38-24(34)23(25(35)39-29(4,5)6)31(32-27(37)40-30(7,8)9)21-17-13-14-18-22(21)33(26(31)36)19-20-15-11-10-12-16-20/h10-18,23H,19H2,1-9H3,(H,32,37)/t31-/m0/s1. The third kappa shape index (κ3) is 7.00. The summed E-state index contributed by atoms with van der Waals surface area (Å²) in [4.78, 5) is 57.2. The molecule has 2 aromatic rings. The first-order valence-corrected chi connectivity index (χ1v) is 13.3. The van der Waals surface area contributed by atoms with E-state index in [1.165, 1.54) is 4.90 Å². The van der Waals surface area contributed by atoms with Crippen LogP contribution in [0, 0.1) is 5.92 Å². The first-order valence-electron chi connectivity index (χ1n) is 13.3. The first kappa shape index (κ1) is 30.7. The number of carbonyl (C=O) groups is 4. The van der Waals surface area contributed by atoms with E-state index in [4.69, 9.17) is 14.2 Å². The molecular weight excluding hydrogens is 512 g/mol. The van der Waals surface area contributed by atoms with Gasteiger partial charge in [-0.2, -0.15) is 0 Å². The van der Waals surface area contributed by atoms with E-state index >= 15 is 0 Å². The van der Waals surface area contributed by atoms with Crippen molar-refractivity contribution in [1.29, 1.82) is 0 Å². The van der Waals surface area contributed by atoms with Crippen LogP contribution in [0.4, 0.5) is 10.5 Å². The van der Waals surface area contributed by atoms with E-state index in [0.717, 1.165) is 5.56 Å². The number of amides is 2. The minimum Gasteiger partial charge on any atom is -0.459 e. The van der Waals surface area contributed by atoms with Gasteiger partial charge in [0.15, 0.2) is 11.5 Å². The van der Waals surface area contributed by atoms with Crippen LogP contribution in [0.3, 0.4) is 0 Å². The molecule has 0 spiro atoms. The van der Waals surface area contributed by atoms with E-state index in [1.54, 1.807) is 86.6 Å². The van der Waals surface area contributed by atoms with Gasteiger partial charge in [0, 0.05) is 5.56 Å². The van der Waals surface area contributed by atoms with Crippen molar-refractivity contribution in [1.82, 2.24) is 5.32 Å². The number of hydrogen-bond acceptors (Lipinski definition) is 7. The van der Waals surface area contributed by atoms with Gasteiger partial charge in [-0.05, 0) is 73.9 Å². The molecule has 1 aliphatic rings. The molecule has 216 valence electrons. The van der Waals surface area contributed by atoms with Gasteiger partial charge in [-0.25, -0.2) is 4.79 Å². The fourth-order valence-electron chi connectivity index (χ4n) is 4.51. The average Bonchev–Trinajstić information content (AvgIpc) is 2.99. The van der Waals surface area contributed by atoms with E-state index in [0.29, 0.717) is 5.69 Å². The monoisotopic (exact) mass is 552 g/mol. The third-order valence-corrected chi connectivity index (χ3v) is 5.80. The van der Waals surface area contributed by atoms with E-state index in [1.807, 2.05) is 30.3 Å². The van der Waals surface area contributed by atoms with Crippen LogP contribution in [0.15, 0.2) is 54.6 Å². The van der Waals surface area contributed by atoms with Gasteiger partial charge in [0.1, 0.15) is 16.8 Å². The maximum absolute atomic E-state index is 14.6. The number of ether oxygens (including phenoxy) is 3. The molecule has 0 aliphatic carbocycles. The van der Waals surface area contributed by atoms with Crippen molar-refractivity contribution in [2.24, 2.45) is 5.92 Å². The molecule has 2 aromatic carbocycles. The van der Waals surface area contributed by atoms with Crippen LogP contribution in [-0.4, -0.2) is 40.7 Å². The van der Waals surface area contributed by atoms with Crippen molar-refractivity contribution in [3.05, 3.63) is 65.7 Å². The molecule has 0 saturated heterocycles. The second kappa shape index (κ2) is 10.9. The lowest BCUT2D eigenvalue weighted by atomic mass is 9.78. The molecule has 0 bridgehead atoms. The van der Waals surface area contributed by atoms with Gasteiger partial charge in [-0.3, -0.25) is 14.4 Å². The molecule has 2 amide bonds. The highest BCUT2D eigenvalue weighted by Crippen LogP contribution is 2.47. The Bertz CT molecular complexity index is 1240. The Balaban J connectivity index is 2.29. The lowest BCUT2D eigenvalue weighted by Gasteiger charge is -2.37. The quantitative estimate of drug-likeness (QED) is 0.296. The Hall–Kier alpha value is -3.88. The minimum absolute atomic E-state index is 0.129. The van der Waals surface area contributed by atoms with Crippen LogP contribution in [-0.2, 0) is 40.7 Å². The second-order valence-electron chi connectivity index (χ2n) is 12.8. The van der Waals surface area contributed by atoms with Crippen molar-refractivity contribution in [2.45, 2.75) is 91.2 Å². The highest BCUT2D eigenvalue weighted by molar-refractivity contribution is 6.15. The Morgan fingerprint density at radius 1 is 0.750 bits per heavy atom. The van der Waals surface area contributed by atoms with Crippen molar-refractivity contribution in [3.8, 4) is 0 Å². The Kier molecular flexibility index (Phi) is 8.39. The summed E-state index contributed by atoms with van der Waals surface area (Å²) in [5, 5.41) is 2.65. The van der Waals surface area contributed by atoms with Crippen molar-refractivity contribution < 1.29 is 33.4 Å². The zero-order chi connectivity index (χ0) is 30.1. The molecule has 40 heavy (non-hydrogen) atoms. The van der Waals surface area contributed by atoms with Gasteiger partial charge in [0.05, 0.1) is 12.2 Å². The van der Waals surface area contributed by atoms with Crippen LogP contribution in [0.5, 0.6) is 0 Å². The predicted octanol–water partition coefficient (Wildman–Crippen LogP) is 5.25. The number of anilines is 1. The summed E-state index contributed by atoms with van der Waals surface area (Å²) in [5.41, 5.74) is -3.65. The topological polar surface area (TPSA) is 111 Å². The molecule has 3 rings (SSSR count). The lowest BCUT2D eigenvalue weighted by Crippen LogP contribution is -2.63. The summed E-state index contributed by atoms with van der Waals surface area (Å²) in [6.07, 6.45) is -0.977. The van der Waals surface area contributed by atoms with E-state index < -0.39 is 52.2 Å². The smallest absolute Gasteiger partial charge is 0.408 e. The zero-order valence-corrected chi connectivity index (χ0v) is 24.8. The molecule has 9 nitrogen and oxygen atoms in total. The Morgan fingerprint density at radius 3 is 1.73 bits per heavy atom. The number of hydrogen-bond donors (Lipinski definition) is 1. The number of nitrogens with one attached hydrogen (secondary N) is 1. The summed E-state index contributed by atoms with van der Waals surface area (Å²) >= 11 is 0. The summed E-state index contributed by atoms with van der Waals surface area (Å²) in [6.45, 7) is 15.0. The molecule has 1 N–H and O–H groups in total. The highest BCUT2D eigenvalue weighted by Gasteiger charge is 2.64. The zero-order valence-electron chi connectivity index (χ0n) is 24.8. The molecule has 0 fully saturated rings. The number of rotatable bonds is 6. The Labute approximate surface area is 236 Å². The molecule has 0 unspecified atom stereocenters. The number of esters is 2. The molecular formula is C31H40N2O7. The lowest BCUT2D eigenvalue weighted by molar-refractivity contribution is -0.180. The molecule has 1 aliphatic heterocycles. The highest BCUT2D eigenvalue weighted by atomic mass is 16.6. The predicted molar refractivity (Wildman–Crippen MR) is 150 cm³/mol. The Morgan fingerprint density at radius 2 is 1.23 bits per heavy atom. The van der Waals surface area contributed by atoms with Crippen LogP contribution < -0.4 is 10.2 Å². The number of carbonyl (C=O) groups excluding carboxylic acids is 4. The largest absolute Gasteiger partial charge is 0.459 e. The molecule has 9 heteroatoms. The maximum atomic E-state index is 14.6. The van der Waals surface area contributed by atoms with Crippen LogP contribution in [0.2, 0.25) is 0 Å². The van der Waals surface area contributed by atoms with E-state index in [9.17, 15) is 19.2 Å². The third-order valence-electron chi connectivity index (χ3n) is 5.80. The fourth-order valence-corrected chi connectivity index (χ4v) is 4.51. The normalized spacial score (nSPS) is 17.4. The second-order valence-corrected chi connectivity index (χ2v) is 12.8. The number of nitrogens with zero attached hydrogens (tertiary/aromatic N) is 1. The van der Waals surface area contributed by atoms with E-state index in [2.05, 4.69) is 5.32 Å². The summed E-state index contributed by atoms with van der Waals surface area (Å²) < 4.78 is 16.9. The molecule has 0 saturated carbocycles. The van der Waals surface area contributed by atoms with Gasteiger partial charge in [-0.1, -0.05) is 48.5 Å². The van der Waals surface area contributed by atoms with Crippen molar-refractivity contribution in [3.63, 3.8) is 0 Å². The maximum Gasteiger partial charge on any atom is 0.408 e. The molecule has 0 aromatic heterocycles. The average molecular weight is 553 g/mol. The van der Waals surface area contributed by atoms with Crippen LogP contribution >= 0.6 is 0 Å².